The minimum absolute atomic E-state index is 0.182. The third-order valence-electron chi connectivity index (χ3n) is 4.04. The first-order valence-corrected chi connectivity index (χ1v) is 6.99. The zero-order chi connectivity index (χ0) is 13.4. The summed E-state index contributed by atoms with van der Waals surface area (Å²) in [6, 6.07) is 5.50. The van der Waals surface area contributed by atoms with Crippen LogP contribution in [0.3, 0.4) is 0 Å². The molecule has 0 aromatic heterocycles. The minimum Gasteiger partial charge on any atom is -0.374 e. The normalized spacial score (nSPS) is 28.6. The molecule has 2 saturated heterocycles. The Labute approximate surface area is 117 Å². The van der Waals surface area contributed by atoms with E-state index in [4.69, 9.17) is 16.3 Å². The van der Waals surface area contributed by atoms with Gasteiger partial charge in [0.15, 0.2) is 0 Å². The summed E-state index contributed by atoms with van der Waals surface area (Å²) >= 11 is 5.70. The monoisotopic (exact) mass is 284 g/mol. The van der Waals surface area contributed by atoms with E-state index in [9.17, 15) is 4.39 Å². The van der Waals surface area contributed by atoms with Gasteiger partial charge in [-0.25, -0.2) is 4.39 Å². The van der Waals surface area contributed by atoms with Gasteiger partial charge in [-0.3, -0.25) is 9.80 Å². The van der Waals surface area contributed by atoms with Gasteiger partial charge >= 0.3 is 0 Å². The van der Waals surface area contributed by atoms with Crippen LogP contribution in [0.2, 0.25) is 5.02 Å². The smallest absolute Gasteiger partial charge is 0.142 e. The van der Waals surface area contributed by atoms with Crippen LogP contribution in [0, 0.1) is 5.82 Å². The first kappa shape index (κ1) is 13.3. The molecule has 1 aromatic carbocycles. The molecule has 1 aromatic rings. The Balaban J connectivity index is 1.66. The Hall–Kier alpha value is -0.680. The van der Waals surface area contributed by atoms with E-state index in [1.807, 2.05) is 6.07 Å². The maximum Gasteiger partial charge on any atom is 0.142 e. The molecule has 0 N–H and O–H groups in total. The predicted octanol–water partition coefficient (Wildman–Crippen LogP) is 1.99. The van der Waals surface area contributed by atoms with Crippen molar-refractivity contribution in [3.8, 4) is 0 Å². The number of likely N-dealkylation sites (tertiary alicyclic amines) is 1. The van der Waals surface area contributed by atoms with Crippen LogP contribution in [0.1, 0.15) is 5.56 Å². The molecule has 0 saturated carbocycles. The summed E-state index contributed by atoms with van der Waals surface area (Å²) in [6.07, 6.45) is 0.288. The average Bonchev–Trinajstić information content (AvgIpc) is 2.78. The van der Waals surface area contributed by atoms with Crippen LogP contribution >= 0.6 is 11.6 Å². The number of fused-ring (bicyclic) bond motifs is 1. The lowest BCUT2D eigenvalue weighted by Crippen LogP contribution is -2.48. The third kappa shape index (κ3) is 2.77. The molecule has 5 heteroatoms. The highest BCUT2D eigenvalue weighted by Gasteiger charge is 2.38. The lowest BCUT2D eigenvalue weighted by atomic mass is 10.1. The second kappa shape index (κ2) is 5.37. The Morgan fingerprint density at radius 1 is 1.42 bits per heavy atom. The van der Waals surface area contributed by atoms with Crippen molar-refractivity contribution < 1.29 is 9.13 Å². The second-order valence-electron chi connectivity index (χ2n) is 5.40. The van der Waals surface area contributed by atoms with E-state index in [1.165, 1.54) is 6.07 Å². The fourth-order valence-electron chi connectivity index (χ4n) is 2.96. The summed E-state index contributed by atoms with van der Waals surface area (Å²) in [5.74, 6) is -0.343. The van der Waals surface area contributed by atoms with Crippen molar-refractivity contribution in [1.82, 2.24) is 9.80 Å². The molecule has 3 nitrogen and oxygen atoms in total. The second-order valence-corrected chi connectivity index (χ2v) is 5.81. The zero-order valence-electron chi connectivity index (χ0n) is 11.0. The number of nitrogens with zero attached hydrogens (tertiary/aromatic N) is 2. The standard InChI is InChI=1S/C14H18ClFN2O/c1-17-4-5-19-14-9-18(8-13(14)17)7-10-2-3-11(15)12(16)6-10/h2-3,6,13-14H,4-5,7-9H2,1H3/t13-,14-/m0/s1. The zero-order valence-corrected chi connectivity index (χ0v) is 11.7. The molecule has 2 aliphatic heterocycles. The van der Waals surface area contributed by atoms with Crippen LogP contribution in [-0.4, -0.2) is 55.2 Å². The van der Waals surface area contributed by atoms with E-state index >= 15 is 0 Å². The van der Waals surface area contributed by atoms with Gasteiger partial charge in [-0.1, -0.05) is 17.7 Å². The Bertz CT molecular complexity index is 471. The van der Waals surface area contributed by atoms with E-state index in [-0.39, 0.29) is 16.9 Å². The molecular formula is C14H18ClFN2O. The van der Waals surface area contributed by atoms with Gasteiger partial charge in [0.05, 0.1) is 17.7 Å². The summed E-state index contributed by atoms with van der Waals surface area (Å²) in [4.78, 5) is 4.68. The first-order valence-electron chi connectivity index (χ1n) is 6.61. The number of rotatable bonds is 2. The molecule has 0 unspecified atom stereocenters. The van der Waals surface area contributed by atoms with Gasteiger partial charge < -0.3 is 4.74 Å². The molecule has 2 fully saturated rings. The van der Waals surface area contributed by atoms with Crippen molar-refractivity contribution in [2.45, 2.75) is 18.7 Å². The predicted molar refractivity (Wildman–Crippen MR) is 72.8 cm³/mol. The SMILES string of the molecule is CN1CCO[C@H]2CN(Cc3ccc(Cl)c(F)c3)C[C@@H]21. The summed E-state index contributed by atoms with van der Waals surface area (Å²) in [5, 5.41) is 0.182. The topological polar surface area (TPSA) is 15.7 Å². The fourth-order valence-corrected chi connectivity index (χ4v) is 3.08. The largest absolute Gasteiger partial charge is 0.374 e. The molecule has 3 rings (SSSR count). The maximum absolute atomic E-state index is 13.4. The number of ether oxygens (including phenoxy) is 1. The van der Waals surface area contributed by atoms with E-state index in [0.29, 0.717) is 6.04 Å². The van der Waals surface area contributed by atoms with Crippen LogP contribution in [0.5, 0.6) is 0 Å². The first-order chi connectivity index (χ1) is 9.13. The Kier molecular flexibility index (Phi) is 3.76. The lowest BCUT2D eigenvalue weighted by molar-refractivity contribution is -0.0370. The van der Waals surface area contributed by atoms with Crippen molar-refractivity contribution in [3.05, 3.63) is 34.6 Å². The molecule has 2 heterocycles. The average molecular weight is 285 g/mol. The number of morpholine rings is 1. The van der Waals surface area contributed by atoms with Gasteiger partial charge in [0.25, 0.3) is 0 Å². The number of hydrogen-bond acceptors (Lipinski definition) is 3. The molecular weight excluding hydrogens is 267 g/mol. The van der Waals surface area contributed by atoms with Crippen LogP contribution in [0.25, 0.3) is 0 Å². The minimum atomic E-state index is -0.343. The van der Waals surface area contributed by atoms with Gasteiger partial charge in [0.1, 0.15) is 5.82 Å². The van der Waals surface area contributed by atoms with Gasteiger partial charge in [-0.05, 0) is 24.7 Å². The third-order valence-corrected chi connectivity index (χ3v) is 4.35. The van der Waals surface area contributed by atoms with E-state index in [2.05, 4.69) is 16.8 Å². The van der Waals surface area contributed by atoms with Gasteiger partial charge in [-0.15, -0.1) is 0 Å². The van der Waals surface area contributed by atoms with Crippen LogP contribution in [0.15, 0.2) is 18.2 Å². The summed E-state index contributed by atoms with van der Waals surface area (Å²) in [6.45, 7) is 4.44. The number of benzene rings is 1. The van der Waals surface area contributed by atoms with Crippen molar-refractivity contribution >= 4 is 11.6 Å². The molecule has 2 atom stereocenters. The molecule has 19 heavy (non-hydrogen) atoms. The van der Waals surface area contributed by atoms with Crippen LogP contribution in [-0.2, 0) is 11.3 Å². The van der Waals surface area contributed by atoms with Crippen LogP contribution < -0.4 is 0 Å². The van der Waals surface area contributed by atoms with E-state index < -0.39 is 0 Å². The summed E-state index contributed by atoms with van der Waals surface area (Å²) < 4.78 is 19.2. The number of likely N-dealkylation sites (N-methyl/N-ethyl adjacent to an activating group) is 1. The van der Waals surface area contributed by atoms with Crippen LogP contribution in [0.4, 0.5) is 4.39 Å². The number of hydrogen-bond donors (Lipinski definition) is 0. The van der Waals surface area contributed by atoms with Gasteiger partial charge in [0.2, 0.25) is 0 Å². The maximum atomic E-state index is 13.4. The van der Waals surface area contributed by atoms with E-state index in [1.54, 1.807) is 6.07 Å². The molecule has 0 amide bonds. The molecule has 0 aliphatic carbocycles. The Morgan fingerprint density at radius 2 is 2.26 bits per heavy atom. The molecule has 0 radical (unpaired) electrons. The quantitative estimate of drug-likeness (QED) is 0.826. The fraction of sp³-hybridized carbons (Fsp3) is 0.571. The van der Waals surface area contributed by atoms with Crippen molar-refractivity contribution in [2.24, 2.45) is 0 Å². The highest BCUT2D eigenvalue weighted by molar-refractivity contribution is 6.30. The molecule has 2 aliphatic rings. The summed E-state index contributed by atoms with van der Waals surface area (Å²) in [7, 11) is 2.14. The van der Waals surface area contributed by atoms with E-state index in [0.717, 1.165) is 38.3 Å². The molecule has 0 bridgehead atoms. The Morgan fingerprint density at radius 3 is 3.00 bits per heavy atom. The van der Waals surface area contributed by atoms with Gasteiger partial charge in [0, 0.05) is 32.2 Å². The van der Waals surface area contributed by atoms with Crippen molar-refractivity contribution in [1.29, 1.82) is 0 Å². The summed E-state index contributed by atoms with van der Waals surface area (Å²) in [5.41, 5.74) is 0.961. The van der Waals surface area contributed by atoms with Crippen molar-refractivity contribution in [3.63, 3.8) is 0 Å². The van der Waals surface area contributed by atoms with Gasteiger partial charge in [-0.2, -0.15) is 0 Å². The highest BCUT2D eigenvalue weighted by Crippen LogP contribution is 2.24. The highest BCUT2D eigenvalue weighted by atomic mass is 35.5. The van der Waals surface area contributed by atoms with Crippen molar-refractivity contribution in [2.75, 3.05) is 33.3 Å². The number of halogens is 2. The molecule has 104 valence electrons. The molecule has 0 spiro atoms. The lowest BCUT2D eigenvalue weighted by Gasteiger charge is -2.33.